The molecule has 1 nitrogen and oxygen atoms in total. The van der Waals surface area contributed by atoms with Crippen molar-refractivity contribution in [3.8, 4) is 0 Å². The van der Waals surface area contributed by atoms with Gasteiger partial charge in [0.15, 0.2) is 0 Å². The van der Waals surface area contributed by atoms with Crippen molar-refractivity contribution < 1.29 is 0 Å². The largest absolute Gasteiger partial charge is 0.361 e. The molecule has 1 aromatic carbocycles. The van der Waals surface area contributed by atoms with Gasteiger partial charge in [0.2, 0.25) is 0 Å². The molecule has 0 saturated heterocycles. The van der Waals surface area contributed by atoms with Crippen molar-refractivity contribution in [1.82, 2.24) is 4.98 Å². The van der Waals surface area contributed by atoms with Crippen LogP contribution in [0.3, 0.4) is 0 Å². The normalized spacial score (nSPS) is 11.0. The topological polar surface area (TPSA) is 15.8 Å². The summed E-state index contributed by atoms with van der Waals surface area (Å²) in [5, 5.41) is 1.31. The number of fused-ring (bicyclic) bond motifs is 1. The number of aromatic amines is 1. The fourth-order valence-electron chi connectivity index (χ4n) is 2.01. The first-order chi connectivity index (χ1) is 7.40. The molecule has 0 aliphatic carbocycles. The molecule has 1 N–H and O–H groups in total. The molecule has 0 radical (unpaired) electrons. The van der Waals surface area contributed by atoms with Crippen molar-refractivity contribution in [3.63, 3.8) is 0 Å². The molecular formula is C14H19N. The maximum absolute atomic E-state index is 3.26. The van der Waals surface area contributed by atoms with Crippen LogP contribution in [0.25, 0.3) is 10.9 Å². The lowest BCUT2D eigenvalue weighted by atomic mass is 10.1. The summed E-state index contributed by atoms with van der Waals surface area (Å²) in [7, 11) is 0. The van der Waals surface area contributed by atoms with Crippen LogP contribution in [-0.2, 0) is 6.42 Å². The molecular weight excluding hydrogens is 182 g/mol. The van der Waals surface area contributed by atoms with E-state index in [1.165, 1.54) is 48.6 Å². The molecule has 1 heteroatoms. The Bertz CT molecular complexity index is 414. The summed E-state index contributed by atoms with van der Waals surface area (Å²) in [5.41, 5.74) is 2.73. The molecule has 0 unspecified atom stereocenters. The van der Waals surface area contributed by atoms with Crippen LogP contribution < -0.4 is 0 Å². The summed E-state index contributed by atoms with van der Waals surface area (Å²) in [6.45, 7) is 2.25. The zero-order valence-electron chi connectivity index (χ0n) is 9.42. The lowest BCUT2D eigenvalue weighted by Gasteiger charge is -2.01. The van der Waals surface area contributed by atoms with Gasteiger partial charge < -0.3 is 4.98 Å². The Labute approximate surface area is 91.5 Å². The number of hydrogen-bond donors (Lipinski definition) is 1. The number of nitrogens with one attached hydrogen (secondary N) is 1. The number of aryl methyl sites for hydroxylation is 1. The summed E-state index contributed by atoms with van der Waals surface area (Å²) in [6, 6.07) is 8.86. The van der Waals surface area contributed by atoms with E-state index in [9.17, 15) is 0 Å². The molecule has 1 heterocycles. The summed E-state index contributed by atoms with van der Waals surface area (Å²) in [6.07, 6.45) is 8.58. The minimum Gasteiger partial charge on any atom is -0.361 e. The van der Waals surface area contributed by atoms with Gasteiger partial charge in [-0.2, -0.15) is 0 Å². The molecule has 0 aliphatic heterocycles. The third kappa shape index (κ3) is 2.62. The first-order valence-corrected chi connectivity index (χ1v) is 5.96. The first-order valence-electron chi connectivity index (χ1n) is 5.96. The molecule has 1 aromatic heterocycles. The Morgan fingerprint density at radius 3 is 2.87 bits per heavy atom. The highest BCUT2D eigenvalue weighted by Crippen LogP contribution is 2.16. The van der Waals surface area contributed by atoms with Crippen LogP contribution in [0.4, 0.5) is 0 Å². The molecule has 0 bridgehead atoms. The highest BCUT2D eigenvalue weighted by Gasteiger charge is 1.97. The van der Waals surface area contributed by atoms with E-state index in [0.29, 0.717) is 0 Å². The Hall–Kier alpha value is -1.24. The van der Waals surface area contributed by atoms with Crippen LogP contribution >= 0.6 is 0 Å². The van der Waals surface area contributed by atoms with Crippen LogP contribution in [0.15, 0.2) is 30.5 Å². The number of rotatable bonds is 5. The van der Waals surface area contributed by atoms with Crippen molar-refractivity contribution in [3.05, 3.63) is 36.0 Å². The number of hydrogen-bond acceptors (Lipinski definition) is 0. The Kier molecular flexibility index (Phi) is 3.44. The van der Waals surface area contributed by atoms with Gasteiger partial charge in [-0.15, -0.1) is 0 Å². The van der Waals surface area contributed by atoms with Gasteiger partial charge >= 0.3 is 0 Å². The Morgan fingerprint density at radius 2 is 2.00 bits per heavy atom. The third-order valence-electron chi connectivity index (χ3n) is 2.94. The molecule has 15 heavy (non-hydrogen) atoms. The Morgan fingerprint density at radius 1 is 1.07 bits per heavy atom. The maximum Gasteiger partial charge on any atom is 0.0456 e. The van der Waals surface area contributed by atoms with Gasteiger partial charge in [0.05, 0.1) is 0 Å². The van der Waals surface area contributed by atoms with Crippen LogP contribution in [0.5, 0.6) is 0 Å². The monoisotopic (exact) mass is 201 g/mol. The number of H-pyrrole nitrogens is 1. The number of unbranched alkanes of at least 4 members (excludes halogenated alkanes) is 3. The zero-order chi connectivity index (χ0) is 10.5. The van der Waals surface area contributed by atoms with Crippen molar-refractivity contribution in [2.75, 3.05) is 0 Å². The maximum atomic E-state index is 3.26. The van der Waals surface area contributed by atoms with E-state index in [-0.39, 0.29) is 0 Å². The Balaban J connectivity index is 1.96. The SMILES string of the molecule is CCCCCCc1ccc2cc[nH]c2c1. The lowest BCUT2D eigenvalue weighted by molar-refractivity contribution is 0.667. The second-order valence-electron chi connectivity index (χ2n) is 4.21. The van der Waals surface area contributed by atoms with Crippen LogP contribution in [0.2, 0.25) is 0 Å². The minimum absolute atomic E-state index is 1.22. The molecule has 0 saturated carbocycles. The molecule has 0 fully saturated rings. The van der Waals surface area contributed by atoms with E-state index in [2.05, 4.69) is 36.2 Å². The molecule has 80 valence electrons. The van der Waals surface area contributed by atoms with E-state index in [4.69, 9.17) is 0 Å². The summed E-state index contributed by atoms with van der Waals surface area (Å²) < 4.78 is 0. The fourth-order valence-corrected chi connectivity index (χ4v) is 2.01. The van der Waals surface area contributed by atoms with E-state index in [0.717, 1.165) is 0 Å². The second kappa shape index (κ2) is 5.01. The highest BCUT2D eigenvalue weighted by molar-refractivity contribution is 5.79. The molecule has 2 aromatic rings. The average molecular weight is 201 g/mol. The van der Waals surface area contributed by atoms with Gasteiger partial charge in [-0.25, -0.2) is 0 Å². The van der Waals surface area contributed by atoms with E-state index < -0.39 is 0 Å². The van der Waals surface area contributed by atoms with E-state index >= 15 is 0 Å². The van der Waals surface area contributed by atoms with Crippen LogP contribution in [-0.4, -0.2) is 4.98 Å². The number of aromatic nitrogens is 1. The predicted molar refractivity (Wildman–Crippen MR) is 66.1 cm³/mol. The van der Waals surface area contributed by atoms with Crippen LogP contribution in [0, 0.1) is 0 Å². The van der Waals surface area contributed by atoms with Crippen LogP contribution in [0.1, 0.15) is 38.2 Å². The van der Waals surface area contributed by atoms with Gasteiger partial charge in [-0.3, -0.25) is 0 Å². The van der Waals surface area contributed by atoms with Gasteiger partial charge in [0.1, 0.15) is 0 Å². The van der Waals surface area contributed by atoms with E-state index in [1.54, 1.807) is 0 Å². The summed E-state index contributed by atoms with van der Waals surface area (Å²) in [4.78, 5) is 3.26. The highest BCUT2D eigenvalue weighted by atomic mass is 14.7. The fraction of sp³-hybridized carbons (Fsp3) is 0.429. The van der Waals surface area contributed by atoms with Gasteiger partial charge in [-0.05, 0) is 35.9 Å². The second-order valence-corrected chi connectivity index (χ2v) is 4.21. The lowest BCUT2D eigenvalue weighted by Crippen LogP contribution is -1.85. The van der Waals surface area contributed by atoms with Crippen molar-refractivity contribution >= 4 is 10.9 Å². The van der Waals surface area contributed by atoms with E-state index in [1.807, 2.05) is 6.20 Å². The minimum atomic E-state index is 1.22. The quantitative estimate of drug-likeness (QED) is 0.694. The number of benzene rings is 1. The van der Waals surface area contributed by atoms with Crippen molar-refractivity contribution in [2.24, 2.45) is 0 Å². The van der Waals surface area contributed by atoms with Gasteiger partial charge in [0.25, 0.3) is 0 Å². The third-order valence-corrected chi connectivity index (χ3v) is 2.94. The van der Waals surface area contributed by atoms with Gasteiger partial charge in [0, 0.05) is 11.7 Å². The molecule has 0 atom stereocenters. The molecule has 0 spiro atoms. The molecule has 2 rings (SSSR count). The zero-order valence-corrected chi connectivity index (χ0v) is 9.42. The summed E-state index contributed by atoms with van der Waals surface area (Å²) in [5.74, 6) is 0. The standard InChI is InChI=1S/C14H19N/c1-2-3-4-5-6-12-7-8-13-9-10-15-14(13)11-12/h7-11,15H,2-6H2,1H3. The van der Waals surface area contributed by atoms with Crippen molar-refractivity contribution in [2.45, 2.75) is 39.0 Å². The summed E-state index contributed by atoms with van der Waals surface area (Å²) >= 11 is 0. The molecule has 0 amide bonds. The molecule has 0 aliphatic rings. The van der Waals surface area contributed by atoms with Crippen molar-refractivity contribution in [1.29, 1.82) is 0 Å². The van der Waals surface area contributed by atoms with Gasteiger partial charge in [-0.1, -0.05) is 38.3 Å². The smallest absolute Gasteiger partial charge is 0.0456 e. The average Bonchev–Trinajstić information content (AvgIpc) is 2.71. The predicted octanol–water partition coefficient (Wildman–Crippen LogP) is 4.29. The first kappa shape index (κ1) is 10.3.